The molecule has 0 heterocycles. The predicted octanol–water partition coefficient (Wildman–Crippen LogP) is -0.379. The molecule has 0 bridgehead atoms. The fourth-order valence-electron chi connectivity index (χ4n) is 1.65. The minimum Gasteiger partial charge on any atom is -0.450 e. The summed E-state index contributed by atoms with van der Waals surface area (Å²) in [6.45, 7) is 0. The summed E-state index contributed by atoms with van der Waals surface area (Å²) in [5.74, 6) is 0. The van der Waals surface area contributed by atoms with Crippen LogP contribution in [0, 0.1) is 0 Å². The molecule has 0 aliphatic heterocycles. The van der Waals surface area contributed by atoms with E-state index < -0.39 is 7.12 Å². The van der Waals surface area contributed by atoms with Crippen molar-refractivity contribution in [1.82, 2.24) is 0 Å². The highest BCUT2D eigenvalue weighted by Crippen LogP contribution is 2.11. The zero-order valence-corrected chi connectivity index (χ0v) is 8.98. The number of rotatable bonds is 5. The average Bonchev–Trinajstić information content (AvgIpc) is 2.38. The zero-order chi connectivity index (χ0) is 12.1. The van der Waals surface area contributed by atoms with E-state index in [0.29, 0.717) is 20.8 Å². The minimum absolute atomic E-state index is 0.531. The van der Waals surface area contributed by atoms with Crippen LogP contribution in [0.1, 0.15) is 0 Å². The molecular weight excluding hydrogens is 217 g/mol. The smallest absolute Gasteiger partial charge is 0.450 e. The van der Waals surface area contributed by atoms with E-state index in [1.807, 2.05) is 36.4 Å². The van der Waals surface area contributed by atoms with Gasteiger partial charge in [0.25, 0.3) is 0 Å². The monoisotopic (exact) mass is 226 g/mol. The van der Waals surface area contributed by atoms with Crippen molar-refractivity contribution < 1.29 is 19.2 Å². The second kappa shape index (κ2) is 5.88. The molecular formula is C10H9B3O4. The lowest BCUT2D eigenvalue weighted by atomic mass is 9.76. The highest BCUT2D eigenvalue weighted by molar-refractivity contribution is 6.68. The van der Waals surface area contributed by atoms with Crippen molar-refractivity contribution in [3.63, 3.8) is 0 Å². The molecule has 2 aromatic carbocycles. The van der Waals surface area contributed by atoms with Crippen molar-refractivity contribution in [1.29, 1.82) is 0 Å². The average molecular weight is 226 g/mol. The van der Waals surface area contributed by atoms with Crippen LogP contribution in [-0.4, -0.2) is 32.5 Å². The van der Waals surface area contributed by atoms with E-state index in [0.717, 1.165) is 10.8 Å². The molecule has 2 N–H and O–H groups in total. The molecule has 0 atom stereocenters. The van der Waals surface area contributed by atoms with E-state index in [1.54, 1.807) is 6.07 Å². The van der Waals surface area contributed by atoms with Crippen LogP contribution in [0.2, 0.25) is 0 Å². The van der Waals surface area contributed by atoms with Gasteiger partial charge >= 0.3 is 22.5 Å². The van der Waals surface area contributed by atoms with Gasteiger partial charge < -0.3 is 19.2 Å². The number of hydrogen-bond donors (Lipinski definition) is 2. The fraction of sp³-hybridized carbons (Fsp3) is 0. The molecule has 0 saturated heterocycles. The molecule has 17 heavy (non-hydrogen) atoms. The Bertz CT molecular complexity index is 488. The number of fused-ring (bicyclic) bond motifs is 1. The van der Waals surface area contributed by atoms with Crippen molar-refractivity contribution >= 4 is 38.7 Å². The molecule has 0 unspecified atom stereocenters. The third kappa shape index (κ3) is 2.89. The van der Waals surface area contributed by atoms with Crippen LogP contribution < -0.4 is 5.46 Å². The molecule has 0 spiro atoms. The van der Waals surface area contributed by atoms with Gasteiger partial charge in [-0.15, -0.1) is 0 Å². The van der Waals surface area contributed by atoms with Crippen LogP contribution >= 0.6 is 0 Å². The van der Waals surface area contributed by atoms with Crippen molar-refractivity contribution in [3.05, 3.63) is 42.5 Å². The lowest BCUT2D eigenvalue weighted by Gasteiger charge is -2.12. The van der Waals surface area contributed by atoms with Gasteiger partial charge in [-0.05, 0) is 16.2 Å². The largest absolute Gasteiger partial charge is 0.470 e. The van der Waals surface area contributed by atoms with Gasteiger partial charge in [0.1, 0.15) is 0 Å². The molecule has 2 aromatic rings. The molecule has 0 fully saturated rings. The van der Waals surface area contributed by atoms with E-state index in [-0.39, 0.29) is 0 Å². The van der Waals surface area contributed by atoms with Gasteiger partial charge in [-0.2, -0.15) is 0 Å². The zero-order valence-electron chi connectivity index (χ0n) is 8.98. The van der Waals surface area contributed by atoms with Crippen LogP contribution in [0.4, 0.5) is 0 Å². The lowest BCUT2D eigenvalue weighted by molar-refractivity contribution is 0.376. The second-order valence-corrected chi connectivity index (χ2v) is 3.42. The Balaban J connectivity index is 2.32. The Morgan fingerprint density at radius 1 is 0.882 bits per heavy atom. The van der Waals surface area contributed by atoms with E-state index in [9.17, 15) is 0 Å². The van der Waals surface area contributed by atoms with Crippen LogP contribution in [0.15, 0.2) is 42.5 Å². The summed E-state index contributed by atoms with van der Waals surface area (Å²) in [6, 6.07) is 13.4. The lowest BCUT2D eigenvalue weighted by Crippen LogP contribution is -2.39. The predicted molar refractivity (Wildman–Crippen MR) is 67.5 cm³/mol. The van der Waals surface area contributed by atoms with E-state index in [1.165, 1.54) is 0 Å². The summed E-state index contributed by atoms with van der Waals surface area (Å²) in [5, 5.41) is 19.3. The Kier molecular flexibility index (Phi) is 4.22. The van der Waals surface area contributed by atoms with Crippen molar-refractivity contribution in [2.45, 2.75) is 0 Å². The van der Waals surface area contributed by atoms with Crippen molar-refractivity contribution in [2.24, 2.45) is 0 Å². The van der Waals surface area contributed by atoms with Gasteiger partial charge in [0.15, 0.2) is 0 Å². The van der Waals surface area contributed by atoms with Gasteiger partial charge in [0.2, 0.25) is 0 Å². The maximum absolute atomic E-state index is 8.62. The Morgan fingerprint density at radius 3 is 2.18 bits per heavy atom. The summed E-state index contributed by atoms with van der Waals surface area (Å²) in [4.78, 5) is 0. The molecule has 4 nitrogen and oxygen atoms in total. The summed E-state index contributed by atoms with van der Waals surface area (Å²) in [6.07, 6.45) is 0. The van der Waals surface area contributed by atoms with Crippen LogP contribution in [0.25, 0.3) is 10.8 Å². The first-order chi connectivity index (χ1) is 8.35. The fourth-order valence-corrected chi connectivity index (χ4v) is 1.65. The summed E-state index contributed by atoms with van der Waals surface area (Å²) < 4.78 is 9.67. The summed E-state index contributed by atoms with van der Waals surface area (Å²) >= 11 is 0. The van der Waals surface area contributed by atoms with Gasteiger partial charge in [0.05, 0.1) is 0 Å². The summed E-state index contributed by atoms with van der Waals surface area (Å²) in [5.41, 5.74) is 0.694. The highest BCUT2D eigenvalue weighted by Gasteiger charge is 2.21. The Hall–Kier alpha value is -1.27. The first-order valence-electron chi connectivity index (χ1n) is 5.06. The minimum atomic E-state index is -0.866. The topological polar surface area (TPSA) is 58.9 Å². The summed E-state index contributed by atoms with van der Waals surface area (Å²) in [7, 11) is 0.196. The molecule has 0 aliphatic rings. The quantitative estimate of drug-likeness (QED) is 0.682. The maximum atomic E-state index is 8.62. The third-order valence-corrected chi connectivity index (χ3v) is 2.41. The molecule has 2 radical (unpaired) electrons. The number of benzene rings is 2. The molecule has 2 rings (SSSR count). The van der Waals surface area contributed by atoms with E-state index >= 15 is 0 Å². The molecule has 7 heteroatoms. The standard InChI is InChI=1S/C10H9B3O4/c14-11-16-13(17-12-15)10-6-5-8-3-1-2-4-9(8)7-10/h1-7,14-15H. The van der Waals surface area contributed by atoms with Gasteiger partial charge in [0, 0.05) is 0 Å². The maximum Gasteiger partial charge on any atom is 0.470 e. The van der Waals surface area contributed by atoms with Crippen LogP contribution in [-0.2, 0) is 9.14 Å². The van der Waals surface area contributed by atoms with E-state index in [4.69, 9.17) is 19.2 Å². The molecule has 82 valence electrons. The molecule has 0 aliphatic carbocycles. The van der Waals surface area contributed by atoms with Gasteiger partial charge in [-0.1, -0.05) is 42.5 Å². The third-order valence-electron chi connectivity index (χ3n) is 2.41. The van der Waals surface area contributed by atoms with Crippen molar-refractivity contribution in [2.75, 3.05) is 0 Å². The van der Waals surface area contributed by atoms with Crippen LogP contribution in [0.3, 0.4) is 0 Å². The van der Waals surface area contributed by atoms with Gasteiger partial charge in [-0.25, -0.2) is 0 Å². The van der Waals surface area contributed by atoms with Crippen molar-refractivity contribution in [3.8, 4) is 0 Å². The Labute approximate surface area is 101 Å². The normalized spacial score (nSPS) is 10.2. The Morgan fingerprint density at radius 2 is 1.53 bits per heavy atom. The first-order valence-corrected chi connectivity index (χ1v) is 5.06. The molecule has 0 aromatic heterocycles. The first kappa shape index (κ1) is 12.2. The van der Waals surface area contributed by atoms with Crippen LogP contribution in [0.5, 0.6) is 0 Å². The highest BCUT2D eigenvalue weighted by atomic mass is 16.6. The molecule has 0 saturated carbocycles. The second-order valence-electron chi connectivity index (χ2n) is 3.42. The molecule has 0 amide bonds. The van der Waals surface area contributed by atoms with E-state index in [2.05, 4.69) is 0 Å². The number of hydrogen-bond acceptors (Lipinski definition) is 4. The SMILES string of the molecule is O[B]OB(O[B]O)c1ccc2ccccc2c1. The van der Waals surface area contributed by atoms with Gasteiger partial charge in [-0.3, -0.25) is 0 Å².